The summed E-state index contributed by atoms with van der Waals surface area (Å²) in [5.41, 5.74) is 5.75. The van der Waals surface area contributed by atoms with Crippen LogP contribution in [0, 0.1) is 6.92 Å². The number of likely N-dealkylation sites (N-methyl/N-ethyl adjacent to an activating group) is 1. The predicted octanol–water partition coefficient (Wildman–Crippen LogP) is 2.18. The Labute approximate surface area is 187 Å². The number of carbonyl (C=O) groups excluding carboxylic acids is 2. The second-order valence-electron chi connectivity index (χ2n) is 8.48. The van der Waals surface area contributed by atoms with Gasteiger partial charge in [-0.2, -0.15) is 0 Å². The van der Waals surface area contributed by atoms with E-state index in [1.165, 1.54) is 11.1 Å². The van der Waals surface area contributed by atoms with Crippen LogP contribution in [0.1, 0.15) is 28.7 Å². The monoisotopic (exact) mass is 436 g/mol. The molecule has 0 aromatic heterocycles. The summed E-state index contributed by atoms with van der Waals surface area (Å²) < 4.78 is 0. The van der Waals surface area contributed by atoms with Crippen molar-refractivity contribution in [2.45, 2.75) is 32.9 Å². The van der Waals surface area contributed by atoms with E-state index in [2.05, 4.69) is 12.1 Å². The van der Waals surface area contributed by atoms with Crippen molar-refractivity contribution in [3.05, 3.63) is 58.7 Å². The molecular weight excluding hydrogens is 408 g/mol. The molecule has 0 saturated heterocycles. The number of rotatable bonds is 6. The SMILES string of the molecule is Cc1cc2c(cc1N(CC(=O)O)CC(=O)N(C)N1Cc3ccccc3C1)CCC(=O)N2C. The minimum atomic E-state index is -1.00. The highest BCUT2D eigenvalue weighted by Crippen LogP contribution is 2.34. The fourth-order valence-electron chi connectivity index (χ4n) is 4.46. The maximum absolute atomic E-state index is 13.1. The first-order chi connectivity index (χ1) is 15.2. The average molecular weight is 437 g/mol. The first kappa shape index (κ1) is 21.8. The van der Waals surface area contributed by atoms with Gasteiger partial charge in [-0.05, 0) is 47.7 Å². The Bertz CT molecular complexity index is 1060. The Morgan fingerprint density at radius 1 is 1.03 bits per heavy atom. The third-order valence-corrected chi connectivity index (χ3v) is 6.34. The van der Waals surface area contributed by atoms with Crippen LogP contribution >= 0.6 is 0 Å². The van der Waals surface area contributed by atoms with Gasteiger partial charge in [0.05, 0.1) is 6.54 Å². The molecule has 0 fully saturated rings. The molecule has 0 radical (unpaired) electrons. The van der Waals surface area contributed by atoms with E-state index < -0.39 is 5.97 Å². The largest absolute Gasteiger partial charge is 0.480 e. The molecule has 8 nitrogen and oxygen atoms in total. The molecule has 32 heavy (non-hydrogen) atoms. The van der Waals surface area contributed by atoms with E-state index in [9.17, 15) is 19.5 Å². The molecule has 0 atom stereocenters. The van der Waals surface area contributed by atoms with Gasteiger partial charge >= 0.3 is 5.97 Å². The van der Waals surface area contributed by atoms with Gasteiger partial charge in [-0.3, -0.25) is 19.4 Å². The number of hydrogen-bond acceptors (Lipinski definition) is 5. The normalized spacial score (nSPS) is 15.3. The van der Waals surface area contributed by atoms with Crippen molar-refractivity contribution in [2.24, 2.45) is 0 Å². The molecule has 8 heteroatoms. The number of aryl methyl sites for hydroxylation is 2. The number of carboxylic acid groups (broad SMARTS) is 1. The second-order valence-corrected chi connectivity index (χ2v) is 8.48. The van der Waals surface area contributed by atoms with E-state index in [0.29, 0.717) is 31.6 Å². The van der Waals surface area contributed by atoms with Crippen LogP contribution in [0.5, 0.6) is 0 Å². The maximum Gasteiger partial charge on any atom is 0.323 e. The first-order valence-electron chi connectivity index (χ1n) is 10.7. The lowest BCUT2D eigenvalue weighted by atomic mass is 9.98. The van der Waals surface area contributed by atoms with Crippen LogP contribution in [0.4, 0.5) is 11.4 Å². The first-order valence-corrected chi connectivity index (χ1v) is 10.7. The summed E-state index contributed by atoms with van der Waals surface area (Å²) in [5, 5.41) is 13.1. The van der Waals surface area contributed by atoms with Crippen LogP contribution in [-0.4, -0.2) is 60.1 Å². The molecule has 0 unspecified atom stereocenters. The van der Waals surface area contributed by atoms with Crippen LogP contribution in [0.3, 0.4) is 0 Å². The molecule has 168 valence electrons. The number of hydrogen-bond donors (Lipinski definition) is 1. The Balaban J connectivity index is 1.55. The Kier molecular flexibility index (Phi) is 5.88. The molecule has 1 N–H and O–H groups in total. The van der Waals surface area contributed by atoms with Crippen molar-refractivity contribution in [1.29, 1.82) is 0 Å². The molecule has 2 aliphatic rings. The predicted molar refractivity (Wildman–Crippen MR) is 121 cm³/mol. The summed E-state index contributed by atoms with van der Waals surface area (Å²) in [4.78, 5) is 40.0. The molecule has 0 bridgehead atoms. The number of anilines is 2. The van der Waals surface area contributed by atoms with Crippen LogP contribution in [0.2, 0.25) is 0 Å². The van der Waals surface area contributed by atoms with E-state index in [1.807, 2.05) is 36.2 Å². The van der Waals surface area contributed by atoms with Gasteiger partial charge in [0, 0.05) is 45.0 Å². The molecule has 4 rings (SSSR count). The van der Waals surface area contributed by atoms with Crippen molar-refractivity contribution < 1.29 is 19.5 Å². The van der Waals surface area contributed by atoms with Crippen LogP contribution < -0.4 is 9.80 Å². The molecule has 0 saturated carbocycles. The number of amides is 2. The quantitative estimate of drug-likeness (QED) is 0.747. The second kappa shape index (κ2) is 8.63. The van der Waals surface area contributed by atoms with E-state index in [-0.39, 0.29) is 24.9 Å². The molecule has 2 aromatic carbocycles. The van der Waals surface area contributed by atoms with Crippen LogP contribution in [0.15, 0.2) is 36.4 Å². The summed E-state index contributed by atoms with van der Waals surface area (Å²) in [6.07, 6.45) is 1.02. The molecule has 0 spiro atoms. The number of carboxylic acids is 1. The smallest absolute Gasteiger partial charge is 0.323 e. The van der Waals surface area contributed by atoms with Crippen molar-refractivity contribution in [3.8, 4) is 0 Å². The highest BCUT2D eigenvalue weighted by molar-refractivity contribution is 5.96. The Morgan fingerprint density at radius 2 is 1.69 bits per heavy atom. The number of hydrazine groups is 1. The van der Waals surface area contributed by atoms with Crippen molar-refractivity contribution >= 4 is 29.2 Å². The molecule has 0 aliphatic carbocycles. The van der Waals surface area contributed by atoms with E-state index in [1.54, 1.807) is 28.9 Å². The maximum atomic E-state index is 13.1. The molecular formula is C24H28N4O4. The van der Waals surface area contributed by atoms with Crippen LogP contribution in [0.25, 0.3) is 0 Å². The summed E-state index contributed by atoms with van der Waals surface area (Å²) in [5.74, 6) is -1.11. The van der Waals surface area contributed by atoms with Gasteiger partial charge in [0.1, 0.15) is 6.54 Å². The van der Waals surface area contributed by atoms with Gasteiger partial charge in [0.15, 0.2) is 0 Å². The van der Waals surface area contributed by atoms with Crippen molar-refractivity contribution in [1.82, 2.24) is 10.0 Å². The van der Waals surface area contributed by atoms with E-state index >= 15 is 0 Å². The topological polar surface area (TPSA) is 84.4 Å². The fraction of sp³-hybridized carbons (Fsp3) is 0.375. The minimum absolute atomic E-state index is 0.0515. The highest BCUT2D eigenvalue weighted by atomic mass is 16.4. The van der Waals surface area contributed by atoms with E-state index in [0.717, 1.165) is 16.8 Å². The number of aliphatic carboxylic acids is 1. The third kappa shape index (κ3) is 4.18. The van der Waals surface area contributed by atoms with Gasteiger partial charge in [0.2, 0.25) is 5.91 Å². The van der Waals surface area contributed by atoms with Gasteiger partial charge < -0.3 is 14.9 Å². The zero-order valence-electron chi connectivity index (χ0n) is 18.7. The summed E-state index contributed by atoms with van der Waals surface area (Å²) >= 11 is 0. The fourth-order valence-corrected chi connectivity index (χ4v) is 4.46. The Hall–Kier alpha value is -3.39. The highest BCUT2D eigenvalue weighted by Gasteiger charge is 2.28. The number of fused-ring (bicyclic) bond motifs is 2. The van der Waals surface area contributed by atoms with Gasteiger partial charge in [-0.15, -0.1) is 0 Å². The number of nitrogens with zero attached hydrogens (tertiary/aromatic N) is 4. The Morgan fingerprint density at radius 3 is 2.31 bits per heavy atom. The molecule has 2 aliphatic heterocycles. The summed E-state index contributed by atoms with van der Waals surface area (Å²) in [6.45, 7) is 2.84. The lowest BCUT2D eigenvalue weighted by Gasteiger charge is -2.33. The number of benzene rings is 2. The molecule has 2 heterocycles. The van der Waals surface area contributed by atoms with Crippen molar-refractivity contribution in [2.75, 3.05) is 37.0 Å². The minimum Gasteiger partial charge on any atom is -0.480 e. The lowest BCUT2D eigenvalue weighted by molar-refractivity contribution is -0.145. The standard InChI is InChI=1S/C24H28N4O4/c1-16-10-21-17(8-9-22(29)25(21)2)11-20(16)27(15-24(31)32)14-23(30)26(3)28-12-18-6-4-5-7-19(18)13-28/h4-7,10-11H,8-9,12-15H2,1-3H3,(H,31,32). The van der Waals surface area contributed by atoms with Gasteiger partial charge in [0.25, 0.3) is 5.91 Å². The summed E-state index contributed by atoms with van der Waals surface area (Å²) in [6, 6.07) is 11.9. The zero-order valence-corrected chi connectivity index (χ0v) is 18.7. The number of carbonyl (C=O) groups is 3. The molecule has 2 amide bonds. The zero-order chi connectivity index (χ0) is 23.0. The summed E-state index contributed by atoms with van der Waals surface area (Å²) in [7, 11) is 3.48. The van der Waals surface area contributed by atoms with Crippen molar-refractivity contribution in [3.63, 3.8) is 0 Å². The van der Waals surface area contributed by atoms with Crippen LogP contribution in [-0.2, 0) is 33.9 Å². The lowest BCUT2D eigenvalue weighted by Crippen LogP contribution is -2.47. The average Bonchev–Trinajstić information content (AvgIpc) is 3.19. The third-order valence-electron chi connectivity index (χ3n) is 6.34. The molecule has 2 aromatic rings. The van der Waals surface area contributed by atoms with Gasteiger partial charge in [-0.25, -0.2) is 5.01 Å². The van der Waals surface area contributed by atoms with Gasteiger partial charge in [-0.1, -0.05) is 24.3 Å². The van der Waals surface area contributed by atoms with E-state index in [4.69, 9.17) is 0 Å².